The third kappa shape index (κ3) is 3.41. The van der Waals surface area contributed by atoms with Crippen molar-refractivity contribution in [3.63, 3.8) is 0 Å². The molecule has 21 heavy (non-hydrogen) atoms. The largest absolute Gasteiger partial charge is 0.491 e. The number of hydrogen-bond donors (Lipinski definition) is 1. The molecular weight excluding hydrogens is 260 g/mol. The van der Waals surface area contributed by atoms with Gasteiger partial charge in [0.1, 0.15) is 5.75 Å². The monoisotopic (exact) mass is 288 g/mol. The summed E-state index contributed by atoms with van der Waals surface area (Å²) >= 11 is 0. The minimum Gasteiger partial charge on any atom is -0.491 e. The molecule has 0 amide bonds. The van der Waals surface area contributed by atoms with Crippen LogP contribution in [0.1, 0.15) is 44.9 Å². The highest BCUT2D eigenvalue weighted by molar-refractivity contribution is 5.87. The van der Waals surface area contributed by atoms with Gasteiger partial charge in [0.05, 0.1) is 6.10 Å². The van der Waals surface area contributed by atoms with Crippen LogP contribution in [0.5, 0.6) is 5.75 Å². The Morgan fingerprint density at radius 3 is 2.67 bits per heavy atom. The van der Waals surface area contributed by atoms with E-state index < -0.39 is 0 Å². The molecule has 0 bridgehead atoms. The van der Waals surface area contributed by atoms with Crippen LogP contribution in [-0.4, -0.2) is 17.7 Å². The molecule has 0 unspecified atom stereocenters. The van der Waals surface area contributed by atoms with Crippen LogP contribution in [-0.2, 0) is 13.1 Å². The number of nitrogens with zero attached hydrogens (tertiary/aromatic N) is 1. The van der Waals surface area contributed by atoms with Gasteiger partial charge in [-0.2, -0.15) is 0 Å². The van der Waals surface area contributed by atoms with Gasteiger partial charge < -0.3 is 14.6 Å². The van der Waals surface area contributed by atoms with E-state index in [9.17, 15) is 0 Å². The lowest BCUT2D eigenvalue weighted by atomic mass is 10.1. The van der Waals surface area contributed by atoms with Crippen molar-refractivity contribution in [1.29, 1.82) is 0 Å². The Morgan fingerprint density at radius 2 is 2.05 bits per heavy atom. The summed E-state index contributed by atoms with van der Waals surface area (Å²) in [6.45, 7) is 10.6. The topological polar surface area (TPSA) is 26.2 Å². The predicted molar refractivity (Wildman–Crippen MR) is 90.1 cm³/mol. The highest BCUT2D eigenvalue weighted by Gasteiger charge is 2.14. The lowest BCUT2D eigenvalue weighted by Crippen LogP contribution is -2.07. The summed E-state index contributed by atoms with van der Waals surface area (Å²) in [6, 6.07) is 6.49. The van der Waals surface area contributed by atoms with Crippen molar-refractivity contribution in [2.75, 3.05) is 7.05 Å². The van der Waals surface area contributed by atoms with Gasteiger partial charge in [0.25, 0.3) is 0 Å². The molecule has 2 rings (SSSR count). The highest BCUT2D eigenvalue weighted by Crippen LogP contribution is 2.30. The van der Waals surface area contributed by atoms with Gasteiger partial charge in [-0.25, -0.2) is 0 Å². The summed E-state index contributed by atoms with van der Waals surface area (Å²) < 4.78 is 8.31. The van der Waals surface area contributed by atoms with Gasteiger partial charge in [-0.15, -0.1) is 0 Å². The van der Waals surface area contributed by atoms with Crippen molar-refractivity contribution in [3.05, 3.63) is 29.5 Å². The van der Waals surface area contributed by atoms with E-state index in [2.05, 4.69) is 55.8 Å². The van der Waals surface area contributed by atoms with E-state index >= 15 is 0 Å². The van der Waals surface area contributed by atoms with Crippen molar-refractivity contribution < 1.29 is 4.74 Å². The highest BCUT2D eigenvalue weighted by atomic mass is 16.5. The predicted octanol–water partition coefficient (Wildman–Crippen LogP) is 4.26. The fourth-order valence-corrected chi connectivity index (χ4v) is 2.88. The van der Waals surface area contributed by atoms with E-state index in [1.165, 1.54) is 35.0 Å². The molecule has 1 N–H and O–H groups in total. The second-order valence-electron chi connectivity index (χ2n) is 5.95. The molecule has 0 aliphatic heterocycles. The molecule has 3 nitrogen and oxygen atoms in total. The number of benzene rings is 1. The zero-order valence-electron chi connectivity index (χ0n) is 14.0. The number of aryl methyl sites for hydroxylation is 1. The van der Waals surface area contributed by atoms with E-state index in [1.807, 2.05) is 7.05 Å². The minimum atomic E-state index is 0.207. The molecule has 116 valence electrons. The first kappa shape index (κ1) is 15.9. The zero-order chi connectivity index (χ0) is 15.4. The Hall–Kier alpha value is -1.48. The third-order valence-corrected chi connectivity index (χ3v) is 3.89. The average Bonchev–Trinajstić information content (AvgIpc) is 2.69. The Kier molecular flexibility index (Phi) is 5.29. The summed E-state index contributed by atoms with van der Waals surface area (Å²) in [6.07, 6.45) is 2.64. The first-order chi connectivity index (χ1) is 10.1. The van der Waals surface area contributed by atoms with Crippen molar-refractivity contribution in [1.82, 2.24) is 9.88 Å². The zero-order valence-corrected chi connectivity index (χ0v) is 14.0. The molecule has 3 heteroatoms. The molecule has 2 aromatic rings. The van der Waals surface area contributed by atoms with Crippen LogP contribution >= 0.6 is 0 Å². The summed E-state index contributed by atoms with van der Waals surface area (Å²) in [5, 5.41) is 4.61. The molecule has 0 saturated heterocycles. The molecule has 0 atom stereocenters. The van der Waals surface area contributed by atoms with Gasteiger partial charge >= 0.3 is 0 Å². The molecule has 1 aromatic heterocycles. The van der Waals surface area contributed by atoms with Crippen LogP contribution in [0.2, 0.25) is 0 Å². The molecule has 0 aliphatic rings. The normalized spacial score (nSPS) is 11.5. The number of rotatable bonds is 7. The summed E-state index contributed by atoms with van der Waals surface area (Å²) in [5.74, 6) is 0.961. The lowest BCUT2D eigenvalue weighted by Gasteiger charge is -2.10. The van der Waals surface area contributed by atoms with Gasteiger partial charge in [-0.3, -0.25) is 0 Å². The number of ether oxygens (including phenoxy) is 1. The molecule has 0 fully saturated rings. The Balaban J connectivity index is 2.51. The maximum absolute atomic E-state index is 5.86. The van der Waals surface area contributed by atoms with Crippen molar-refractivity contribution in [2.24, 2.45) is 0 Å². The fraction of sp³-hybridized carbons (Fsp3) is 0.556. The van der Waals surface area contributed by atoms with Crippen LogP contribution in [0.15, 0.2) is 18.2 Å². The molecular formula is C18H28N2O. The SMILES string of the molecule is CCCCn1c(C)c(CNC)c2cc(OC(C)C)ccc21. The second kappa shape index (κ2) is 6.99. The first-order valence-corrected chi connectivity index (χ1v) is 8.01. The molecule has 1 heterocycles. The number of unbranched alkanes of at least 4 members (excludes halogenated alkanes) is 1. The molecule has 0 saturated carbocycles. The Bertz CT molecular complexity index is 599. The van der Waals surface area contributed by atoms with E-state index in [-0.39, 0.29) is 6.10 Å². The molecule has 0 radical (unpaired) electrons. The van der Waals surface area contributed by atoms with Gasteiger partial charge in [0.15, 0.2) is 0 Å². The smallest absolute Gasteiger partial charge is 0.120 e. The fourth-order valence-electron chi connectivity index (χ4n) is 2.88. The number of fused-ring (bicyclic) bond motifs is 1. The maximum atomic E-state index is 5.86. The standard InChI is InChI=1S/C18H28N2O/c1-6-7-10-20-14(4)17(12-19-5)16-11-15(21-13(2)3)8-9-18(16)20/h8-9,11,13,19H,6-7,10,12H2,1-5H3. The molecule has 0 aliphatic carbocycles. The molecule has 1 aromatic carbocycles. The average molecular weight is 288 g/mol. The van der Waals surface area contributed by atoms with Crippen molar-refractivity contribution >= 4 is 10.9 Å². The number of hydrogen-bond acceptors (Lipinski definition) is 2. The Morgan fingerprint density at radius 1 is 1.29 bits per heavy atom. The van der Waals surface area contributed by atoms with Crippen LogP contribution < -0.4 is 10.1 Å². The van der Waals surface area contributed by atoms with E-state index in [0.29, 0.717) is 0 Å². The summed E-state index contributed by atoms with van der Waals surface area (Å²) in [5.41, 5.74) is 4.08. The number of nitrogens with one attached hydrogen (secondary N) is 1. The quantitative estimate of drug-likeness (QED) is 0.824. The van der Waals surface area contributed by atoms with Crippen LogP contribution in [0.3, 0.4) is 0 Å². The maximum Gasteiger partial charge on any atom is 0.120 e. The van der Waals surface area contributed by atoms with Crippen molar-refractivity contribution in [3.8, 4) is 5.75 Å². The summed E-state index contributed by atoms with van der Waals surface area (Å²) in [7, 11) is 2.00. The third-order valence-electron chi connectivity index (χ3n) is 3.89. The van der Waals surface area contributed by atoms with E-state index in [4.69, 9.17) is 4.74 Å². The minimum absolute atomic E-state index is 0.207. The van der Waals surface area contributed by atoms with Gasteiger partial charge in [-0.1, -0.05) is 13.3 Å². The number of aromatic nitrogens is 1. The van der Waals surface area contributed by atoms with Gasteiger partial charge in [-0.05, 0) is 58.0 Å². The summed E-state index contributed by atoms with van der Waals surface area (Å²) in [4.78, 5) is 0. The van der Waals surface area contributed by atoms with E-state index in [1.54, 1.807) is 0 Å². The first-order valence-electron chi connectivity index (χ1n) is 8.01. The second-order valence-corrected chi connectivity index (χ2v) is 5.95. The molecule has 0 spiro atoms. The Labute approximate surface area is 128 Å². The van der Waals surface area contributed by atoms with Gasteiger partial charge in [0.2, 0.25) is 0 Å². The van der Waals surface area contributed by atoms with E-state index in [0.717, 1.165) is 18.8 Å². The lowest BCUT2D eigenvalue weighted by molar-refractivity contribution is 0.243. The van der Waals surface area contributed by atoms with Crippen LogP contribution in [0.4, 0.5) is 0 Å². The van der Waals surface area contributed by atoms with Crippen LogP contribution in [0.25, 0.3) is 10.9 Å². The van der Waals surface area contributed by atoms with Gasteiger partial charge in [0, 0.05) is 29.7 Å². The van der Waals surface area contributed by atoms with Crippen molar-refractivity contribution in [2.45, 2.75) is 59.7 Å². The van der Waals surface area contributed by atoms with Crippen LogP contribution in [0, 0.1) is 6.92 Å².